The Kier molecular flexibility index (Phi) is 7.44. The molecule has 0 aromatic carbocycles. The van der Waals surface area contributed by atoms with Gasteiger partial charge in [-0.1, -0.05) is 62.3 Å². The molecule has 3 rings (SSSR count). The second kappa shape index (κ2) is 9.30. The number of nitrogens with zero attached hydrogens (tertiary/aromatic N) is 1. The van der Waals surface area contributed by atoms with Gasteiger partial charge in [0.2, 0.25) is 0 Å². The van der Waals surface area contributed by atoms with Crippen LogP contribution in [0, 0.1) is 5.92 Å². The van der Waals surface area contributed by atoms with Gasteiger partial charge < -0.3 is 17.7 Å². The number of rotatable bonds is 5. The Morgan fingerprint density at radius 2 is 1.53 bits per heavy atom. The second-order valence-electron chi connectivity index (χ2n) is 10.5. The molecule has 2 aliphatic heterocycles. The first-order valence-electron chi connectivity index (χ1n) is 11.8. The Morgan fingerprint density at radius 3 is 2.03 bits per heavy atom. The minimum atomic E-state index is -2.75. The number of aromatic amines is 1. The van der Waals surface area contributed by atoms with E-state index in [0.717, 1.165) is 0 Å². The SMILES string of the molecule is CC(C)[Si]1(C(C)C)OC[C@H]2O[C@@H](n3ccc(=O)[nH]c3=O)[C@H](C)[C@@H]2O[Si](C(C)C)(C(C)C)O1. The molecule has 0 unspecified atom stereocenters. The predicted octanol–water partition coefficient (Wildman–Crippen LogP) is 4.03. The molecule has 4 atom stereocenters. The van der Waals surface area contributed by atoms with Gasteiger partial charge in [0.1, 0.15) is 12.3 Å². The van der Waals surface area contributed by atoms with Crippen molar-refractivity contribution >= 4 is 17.1 Å². The minimum Gasteiger partial charge on any atom is -0.414 e. The van der Waals surface area contributed by atoms with Gasteiger partial charge in [0.25, 0.3) is 5.56 Å². The molecule has 2 saturated heterocycles. The predicted molar refractivity (Wildman–Crippen MR) is 128 cm³/mol. The number of nitrogens with one attached hydrogen (secondary N) is 1. The normalized spacial score (nSPS) is 30.0. The monoisotopic (exact) mass is 484 g/mol. The third-order valence-corrected chi connectivity index (χ3v) is 17.4. The lowest BCUT2D eigenvalue weighted by molar-refractivity contribution is -0.0572. The smallest absolute Gasteiger partial charge is 0.335 e. The third kappa shape index (κ3) is 4.25. The molecular weight excluding hydrogens is 444 g/mol. The first kappa shape index (κ1) is 25.6. The van der Waals surface area contributed by atoms with E-state index < -0.39 is 34.6 Å². The molecule has 182 valence electrons. The van der Waals surface area contributed by atoms with Crippen molar-refractivity contribution in [1.29, 1.82) is 0 Å². The summed E-state index contributed by atoms with van der Waals surface area (Å²) in [6.07, 6.45) is 0.375. The molecule has 1 aromatic rings. The average Bonchev–Trinajstić information content (AvgIpc) is 2.96. The summed E-state index contributed by atoms with van der Waals surface area (Å²) in [5.41, 5.74) is 0.0381. The van der Waals surface area contributed by atoms with Crippen LogP contribution in [0.1, 0.15) is 68.5 Å². The quantitative estimate of drug-likeness (QED) is 0.635. The first-order valence-corrected chi connectivity index (χ1v) is 15.8. The molecule has 32 heavy (non-hydrogen) atoms. The lowest BCUT2D eigenvalue weighted by Crippen LogP contribution is -2.65. The van der Waals surface area contributed by atoms with Crippen LogP contribution in [0.3, 0.4) is 0 Å². The van der Waals surface area contributed by atoms with Crippen molar-refractivity contribution in [2.75, 3.05) is 6.61 Å². The van der Waals surface area contributed by atoms with Crippen LogP contribution in [0.5, 0.6) is 0 Å². The molecule has 0 amide bonds. The summed E-state index contributed by atoms with van der Waals surface area (Å²) in [7, 11) is -5.39. The van der Waals surface area contributed by atoms with E-state index in [4.69, 9.17) is 17.7 Å². The number of hydrogen-bond donors (Lipinski definition) is 1. The van der Waals surface area contributed by atoms with Crippen molar-refractivity contribution < 1.29 is 17.7 Å². The summed E-state index contributed by atoms with van der Waals surface area (Å²) in [6, 6.07) is 1.34. The van der Waals surface area contributed by atoms with Gasteiger partial charge in [-0.3, -0.25) is 14.3 Å². The van der Waals surface area contributed by atoms with E-state index in [2.05, 4.69) is 60.4 Å². The fraction of sp³-hybridized carbons (Fsp3) is 0.818. The van der Waals surface area contributed by atoms with Crippen molar-refractivity contribution in [3.8, 4) is 0 Å². The number of H-pyrrole nitrogens is 1. The topological polar surface area (TPSA) is 91.8 Å². The van der Waals surface area contributed by atoms with Crippen LogP contribution >= 0.6 is 0 Å². The van der Waals surface area contributed by atoms with Crippen LogP contribution in [0.4, 0.5) is 0 Å². The molecule has 0 spiro atoms. The summed E-state index contributed by atoms with van der Waals surface area (Å²) in [5.74, 6) is -0.118. The fourth-order valence-electron chi connectivity index (χ4n) is 5.28. The zero-order chi connectivity index (χ0) is 24.0. The molecule has 3 heterocycles. The van der Waals surface area contributed by atoms with Gasteiger partial charge in [0.05, 0.1) is 12.7 Å². The van der Waals surface area contributed by atoms with E-state index in [1.807, 2.05) is 6.92 Å². The van der Waals surface area contributed by atoms with E-state index in [-0.39, 0.29) is 40.3 Å². The Hall–Kier alpha value is -1.05. The molecule has 10 heteroatoms. The van der Waals surface area contributed by atoms with Crippen LogP contribution < -0.4 is 11.2 Å². The molecular formula is C22H40N2O6Si2. The number of aromatic nitrogens is 2. The Bertz CT molecular complexity index is 896. The second-order valence-corrected chi connectivity index (χ2v) is 19.3. The van der Waals surface area contributed by atoms with Gasteiger partial charge in [-0.2, -0.15) is 0 Å². The summed E-state index contributed by atoms with van der Waals surface area (Å²) < 4.78 is 28.9. The Morgan fingerprint density at radius 1 is 0.969 bits per heavy atom. The number of hydrogen-bond acceptors (Lipinski definition) is 6. The standard InChI is InChI=1S/C22H40N2O6Si2/c1-13(2)31(14(3)4)27-12-18-20(29-32(30-31,15(5)6)16(7)8)17(9)21(28-18)24-11-10-19(25)23-22(24)26/h10-11,13-18,20-21H,12H2,1-9H3,(H,23,25,26)/t17-,18-,20+,21-/m1/s1. The maximum absolute atomic E-state index is 12.5. The zero-order valence-corrected chi connectivity index (χ0v) is 22.9. The van der Waals surface area contributed by atoms with E-state index in [1.165, 1.54) is 16.8 Å². The highest BCUT2D eigenvalue weighted by atomic mass is 28.5. The van der Waals surface area contributed by atoms with Gasteiger partial charge in [0, 0.05) is 18.2 Å². The van der Waals surface area contributed by atoms with Crippen molar-refractivity contribution in [2.24, 2.45) is 5.92 Å². The average molecular weight is 485 g/mol. The molecule has 8 nitrogen and oxygen atoms in total. The van der Waals surface area contributed by atoms with Gasteiger partial charge in [0.15, 0.2) is 0 Å². The van der Waals surface area contributed by atoms with Crippen LogP contribution in [-0.2, 0) is 17.7 Å². The highest BCUT2D eigenvalue weighted by Gasteiger charge is 2.61. The maximum Gasteiger partial charge on any atom is 0.335 e. The summed E-state index contributed by atoms with van der Waals surface area (Å²) in [6.45, 7) is 19.9. The van der Waals surface area contributed by atoms with Crippen LogP contribution in [0.15, 0.2) is 21.9 Å². The largest absolute Gasteiger partial charge is 0.414 e. The van der Waals surface area contributed by atoms with Crippen LogP contribution in [0.25, 0.3) is 0 Å². The minimum absolute atomic E-state index is 0.118. The highest BCUT2D eigenvalue weighted by molar-refractivity contribution is 6.83. The fourth-order valence-corrected chi connectivity index (χ4v) is 16.6. The summed E-state index contributed by atoms with van der Waals surface area (Å²) >= 11 is 0. The molecule has 0 aliphatic carbocycles. The van der Waals surface area contributed by atoms with Crippen molar-refractivity contribution in [2.45, 2.75) is 103 Å². The van der Waals surface area contributed by atoms with Crippen molar-refractivity contribution in [1.82, 2.24) is 9.55 Å². The van der Waals surface area contributed by atoms with Crippen molar-refractivity contribution in [3.05, 3.63) is 33.1 Å². The first-order chi connectivity index (χ1) is 14.9. The van der Waals surface area contributed by atoms with E-state index in [1.54, 1.807) is 0 Å². The van der Waals surface area contributed by atoms with E-state index in [9.17, 15) is 9.59 Å². The van der Waals surface area contributed by atoms with Gasteiger partial charge >= 0.3 is 22.8 Å². The molecule has 1 aromatic heterocycles. The summed E-state index contributed by atoms with van der Waals surface area (Å²) in [5, 5.41) is 0. The number of ether oxygens (including phenoxy) is 1. The molecule has 0 radical (unpaired) electrons. The highest BCUT2D eigenvalue weighted by Crippen LogP contribution is 2.49. The lowest BCUT2D eigenvalue weighted by atomic mass is 10.0. The Labute approximate surface area is 193 Å². The molecule has 2 aliphatic rings. The van der Waals surface area contributed by atoms with Gasteiger partial charge in [-0.15, -0.1) is 0 Å². The van der Waals surface area contributed by atoms with Crippen molar-refractivity contribution in [3.63, 3.8) is 0 Å². The lowest BCUT2D eigenvalue weighted by Gasteiger charge is -2.51. The third-order valence-electron chi connectivity index (χ3n) is 7.11. The van der Waals surface area contributed by atoms with Crippen LogP contribution in [0.2, 0.25) is 22.2 Å². The Balaban J connectivity index is 2.08. The molecule has 0 bridgehead atoms. The van der Waals surface area contributed by atoms with Gasteiger partial charge in [-0.25, -0.2) is 4.79 Å². The molecule has 1 N–H and O–H groups in total. The molecule has 2 fully saturated rings. The van der Waals surface area contributed by atoms with E-state index in [0.29, 0.717) is 6.61 Å². The van der Waals surface area contributed by atoms with E-state index >= 15 is 0 Å². The van der Waals surface area contributed by atoms with Crippen LogP contribution in [-0.4, -0.2) is 45.5 Å². The maximum atomic E-state index is 12.5. The number of fused-ring (bicyclic) bond motifs is 1. The molecule has 0 saturated carbocycles. The zero-order valence-electron chi connectivity index (χ0n) is 20.9. The van der Waals surface area contributed by atoms with Gasteiger partial charge in [-0.05, 0) is 22.2 Å². The summed E-state index contributed by atoms with van der Waals surface area (Å²) in [4.78, 5) is 26.4.